The number of nitrogens with one attached hydrogen (secondary N) is 3. The number of hydrogen-bond acceptors (Lipinski definition) is 4. The summed E-state index contributed by atoms with van der Waals surface area (Å²) in [6, 6.07) is 10.4. The Balaban J connectivity index is 1.61. The fourth-order valence-corrected chi connectivity index (χ4v) is 4.21. The molecule has 1 unspecified atom stereocenters. The molecule has 0 saturated carbocycles. The number of benzene rings is 2. The van der Waals surface area contributed by atoms with Crippen molar-refractivity contribution in [3.63, 3.8) is 0 Å². The normalized spacial score (nSPS) is 15.5. The molecular formula is C21H23FN4O2S. The quantitative estimate of drug-likeness (QED) is 0.534. The number of aromatic nitrogens is 2. The summed E-state index contributed by atoms with van der Waals surface area (Å²) in [5, 5.41) is 2.98. The maximum Gasteiger partial charge on any atom is 0.253 e. The number of likely N-dealkylation sites (tertiary alicyclic amines) is 1. The Kier molecular flexibility index (Phi) is 5.64. The van der Waals surface area contributed by atoms with Gasteiger partial charge in [0, 0.05) is 12.1 Å². The average molecular weight is 415 g/mol. The number of para-hydroxylation sites is 1. The van der Waals surface area contributed by atoms with E-state index >= 15 is 0 Å². The molecule has 2 aromatic carbocycles. The number of carbonyl (C=O) groups excluding carboxylic acids is 1. The maximum absolute atomic E-state index is 14.0. The molecule has 1 saturated heterocycles. The topological polar surface area (TPSA) is 73.1 Å². The van der Waals surface area contributed by atoms with Crippen molar-refractivity contribution in [2.24, 2.45) is 0 Å². The summed E-state index contributed by atoms with van der Waals surface area (Å²) >= 11 is 5.09. The predicted octanol–water partition coefficient (Wildman–Crippen LogP) is 3.94. The molecule has 1 amide bonds. The molecule has 3 N–H and O–H groups in total. The minimum atomic E-state index is -0.492. The molecule has 4 rings (SSSR count). The Hall–Kier alpha value is -2.71. The van der Waals surface area contributed by atoms with Gasteiger partial charge in [-0.05, 0) is 56.3 Å². The lowest BCUT2D eigenvalue weighted by Crippen LogP contribution is -2.37. The van der Waals surface area contributed by atoms with Crippen LogP contribution in [0.2, 0.25) is 0 Å². The van der Waals surface area contributed by atoms with Gasteiger partial charge in [0.25, 0.3) is 5.91 Å². The van der Waals surface area contributed by atoms with Crippen LogP contribution in [0.3, 0.4) is 0 Å². The van der Waals surface area contributed by atoms with Gasteiger partial charge in [-0.15, -0.1) is 0 Å². The molecule has 152 valence electrons. The van der Waals surface area contributed by atoms with Gasteiger partial charge in [0.1, 0.15) is 11.6 Å². The average Bonchev–Trinajstić information content (AvgIpc) is 3.37. The van der Waals surface area contributed by atoms with Crippen LogP contribution in [0, 0.1) is 10.6 Å². The second-order valence-corrected chi connectivity index (χ2v) is 7.57. The second-order valence-electron chi connectivity index (χ2n) is 7.17. The smallest absolute Gasteiger partial charge is 0.253 e. The Morgan fingerprint density at radius 1 is 1.28 bits per heavy atom. The third-order valence-corrected chi connectivity index (χ3v) is 5.57. The number of nitrogens with zero attached hydrogens (tertiary/aromatic N) is 1. The number of imidazole rings is 1. The molecule has 1 aliphatic heterocycles. The van der Waals surface area contributed by atoms with Gasteiger partial charge < -0.3 is 20.0 Å². The second kappa shape index (κ2) is 8.34. The fourth-order valence-electron chi connectivity index (χ4n) is 4.00. The molecule has 0 radical (unpaired) electrons. The Morgan fingerprint density at radius 3 is 2.79 bits per heavy atom. The first kappa shape index (κ1) is 19.6. The molecule has 2 heterocycles. The number of hydrogen-bond donors (Lipinski definition) is 3. The van der Waals surface area contributed by atoms with E-state index in [2.05, 4.69) is 20.2 Å². The van der Waals surface area contributed by atoms with Gasteiger partial charge in [-0.1, -0.05) is 18.2 Å². The van der Waals surface area contributed by atoms with E-state index in [4.69, 9.17) is 17.0 Å². The molecule has 29 heavy (non-hydrogen) atoms. The van der Waals surface area contributed by atoms with E-state index in [0.29, 0.717) is 22.3 Å². The van der Waals surface area contributed by atoms with Crippen molar-refractivity contribution in [3.05, 3.63) is 58.1 Å². The highest BCUT2D eigenvalue weighted by Gasteiger charge is 2.26. The van der Waals surface area contributed by atoms with Gasteiger partial charge in [0.15, 0.2) is 4.77 Å². The standard InChI is InChI=1S/C21H23FN4O2S/c1-28-18-7-3-2-6-14(18)17(26-8-4-5-9-26)12-23-20(27)15-10-13(22)11-16-19(15)25-21(29)24-16/h2-3,6-7,10-11,17H,4-5,8-9,12H2,1H3,(H,23,27)(H2,24,25,29). The van der Waals surface area contributed by atoms with E-state index in [0.717, 1.165) is 37.2 Å². The molecule has 0 spiro atoms. The summed E-state index contributed by atoms with van der Waals surface area (Å²) in [6.45, 7) is 2.32. The molecule has 1 aliphatic rings. The van der Waals surface area contributed by atoms with Crippen LogP contribution in [0.5, 0.6) is 5.75 Å². The third kappa shape index (κ3) is 4.04. The first-order valence-corrected chi connectivity index (χ1v) is 10.0. The third-order valence-electron chi connectivity index (χ3n) is 5.37. The van der Waals surface area contributed by atoms with Crippen molar-refractivity contribution in [3.8, 4) is 5.75 Å². The van der Waals surface area contributed by atoms with Crippen molar-refractivity contribution in [1.82, 2.24) is 20.2 Å². The van der Waals surface area contributed by atoms with Gasteiger partial charge in [0.2, 0.25) is 0 Å². The molecule has 0 bridgehead atoms. The van der Waals surface area contributed by atoms with E-state index in [1.165, 1.54) is 12.1 Å². The first-order valence-electron chi connectivity index (χ1n) is 9.63. The van der Waals surface area contributed by atoms with Gasteiger partial charge in [-0.25, -0.2) is 4.39 Å². The lowest BCUT2D eigenvalue weighted by Gasteiger charge is -2.29. The zero-order valence-electron chi connectivity index (χ0n) is 16.1. The van der Waals surface area contributed by atoms with E-state index in [9.17, 15) is 9.18 Å². The highest BCUT2D eigenvalue weighted by atomic mass is 32.1. The number of rotatable bonds is 6. The SMILES string of the molecule is COc1ccccc1C(CNC(=O)c1cc(F)cc2[nH]c(=S)[nH]c12)N1CCCC1. The molecule has 1 fully saturated rings. The molecule has 8 heteroatoms. The van der Waals surface area contributed by atoms with Gasteiger partial charge in [-0.2, -0.15) is 0 Å². The molecular weight excluding hydrogens is 391 g/mol. The van der Waals surface area contributed by atoms with Crippen LogP contribution in [-0.4, -0.2) is 47.5 Å². The van der Waals surface area contributed by atoms with E-state index in [-0.39, 0.29) is 17.5 Å². The number of aromatic amines is 2. The number of ether oxygens (including phenoxy) is 1. The summed E-state index contributed by atoms with van der Waals surface area (Å²) in [5.74, 6) is -0.0471. The minimum Gasteiger partial charge on any atom is -0.496 e. The van der Waals surface area contributed by atoms with Crippen molar-refractivity contribution in [2.75, 3.05) is 26.7 Å². The van der Waals surface area contributed by atoms with Crippen molar-refractivity contribution >= 4 is 29.2 Å². The van der Waals surface area contributed by atoms with Crippen LogP contribution in [0.25, 0.3) is 11.0 Å². The minimum absolute atomic E-state index is 0.0219. The summed E-state index contributed by atoms with van der Waals surface area (Å²) in [5.41, 5.74) is 2.24. The Morgan fingerprint density at radius 2 is 2.03 bits per heavy atom. The van der Waals surface area contributed by atoms with Crippen molar-refractivity contribution in [2.45, 2.75) is 18.9 Å². The maximum atomic E-state index is 14.0. The fraction of sp³-hybridized carbons (Fsp3) is 0.333. The van der Waals surface area contributed by atoms with E-state index < -0.39 is 5.82 Å². The lowest BCUT2D eigenvalue weighted by atomic mass is 10.0. The first-order chi connectivity index (χ1) is 14.1. The lowest BCUT2D eigenvalue weighted by molar-refractivity contribution is 0.0938. The van der Waals surface area contributed by atoms with Crippen LogP contribution in [0.4, 0.5) is 4.39 Å². The van der Waals surface area contributed by atoms with Crippen LogP contribution in [-0.2, 0) is 0 Å². The zero-order valence-corrected chi connectivity index (χ0v) is 16.9. The monoisotopic (exact) mass is 414 g/mol. The highest BCUT2D eigenvalue weighted by Crippen LogP contribution is 2.31. The number of fused-ring (bicyclic) bond motifs is 1. The van der Waals surface area contributed by atoms with Crippen molar-refractivity contribution < 1.29 is 13.9 Å². The molecule has 3 aromatic rings. The van der Waals surface area contributed by atoms with E-state index in [1.807, 2.05) is 24.3 Å². The van der Waals surface area contributed by atoms with Crippen LogP contribution in [0.15, 0.2) is 36.4 Å². The predicted molar refractivity (Wildman–Crippen MR) is 112 cm³/mol. The van der Waals surface area contributed by atoms with Crippen LogP contribution < -0.4 is 10.1 Å². The molecule has 6 nitrogen and oxygen atoms in total. The Labute approximate surface area is 173 Å². The summed E-state index contributed by atoms with van der Waals surface area (Å²) in [7, 11) is 1.65. The number of carbonyl (C=O) groups is 1. The Bertz CT molecular complexity index is 1090. The number of amides is 1. The summed E-state index contributed by atoms with van der Waals surface area (Å²) < 4.78 is 19.9. The van der Waals surface area contributed by atoms with E-state index in [1.54, 1.807) is 7.11 Å². The van der Waals surface area contributed by atoms with Gasteiger partial charge in [0.05, 0.1) is 29.7 Å². The van der Waals surface area contributed by atoms with Gasteiger partial charge in [-0.3, -0.25) is 9.69 Å². The highest BCUT2D eigenvalue weighted by molar-refractivity contribution is 7.71. The van der Waals surface area contributed by atoms with Crippen LogP contribution in [0.1, 0.15) is 34.8 Å². The molecule has 1 aromatic heterocycles. The largest absolute Gasteiger partial charge is 0.496 e. The summed E-state index contributed by atoms with van der Waals surface area (Å²) in [4.78, 5) is 21.1. The molecule has 1 atom stereocenters. The molecule has 0 aliphatic carbocycles. The number of methoxy groups -OCH3 is 1. The van der Waals surface area contributed by atoms with Gasteiger partial charge >= 0.3 is 0 Å². The number of H-pyrrole nitrogens is 2. The van der Waals surface area contributed by atoms with Crippen molar-refractivity contribution in [1.29, 1.82) is 0 Å². The summed E-state index contributed by atoms with van der Waals surface area (Å²) in [6.07, 6.45) is 2.26. The van der Waals surface area contributed by atoms with Crippen LogP contribution >= 0.6 is 12.2 Å². The number of halogens is 1. The zero-order chi connectivity index (χ0) is 20.4.